The number of hydrogen-bond acceptors (Lipinski definition) is 3. The zero-order valence-corrected chi connectivity index (χ0v) is 18.9. The van der Waals surface area contributed by atoms with E-state index in [9.17, 15) is 4.79 Å². The van der Waals surface area contributed by atoms with Gasteiger partial charge in [0.25, 0.3) is 5.91 Å². The zero-order chi connectivity index (χ0) is 22.5. The standard InChI is InChI=1S/C26H29N5O/c1-19-5-9-22(10-6-19)17-31-18-24(25(29-31)23-11-7-20(2)8-12-23)26(32)27-13-4-14-30-16-21(3)15-28-30/h5-12,15-16,18H,4,13-14,17H2,1-3H3,(H,27,32). The van der Waals surface area contributed by atoms with Gasteiger partial charge in [0.2, 0.25) is 0 Å². The number of nitrogens with zero attached hydrogens (tertiary/aromatic N) is 4. The van der Waals surface area contributed by atoms with Crippen LogP contribution in [-0.4, -0.2) is 32.0 Å². The first-order valence-corrected chi connectivity index (χ1v) is 11.0. The minimum Gasteiger partial charge on any atom is -0.352 e. The monoisotopic (exact) mass is 427 g/mol. The molecule has 0 unspecified atom stereocenters. The first-order valence-electron chi connectivity index (χ1n) is 11.0. The van der Waals surface area contributed by atoms with Crippen molar-refractivity contribution >= 4 is 5.91 Å². The van der Waals surface area contributed by atoms with Crippen LogP contribution in [0.25, 0.3) is 11.3 Å². The zero-order valence-electron chi connectivity index (χ0n) is 18.9. The van der Waals surface area contributed by atoms with E-state index in [0.29, 0.717) is 24.3 Å². The van der Waals surface area contributed by atoms with E-state index in [1.165, 1.54) is 11.1 Å². The Hall–Kier alpha value is -3.67. The molecule has 0 atom stereocenters. The average molecular weight is 428 g/mol. The predicted molar refractivity (Wildman–Crippen MR) is 127 cm³/mol. The van der Waals surface area contributed by atoms with Gasteiger partial charge in [0.05, 0.1) is 18.3 Å². The summed E-state index contributed by atoms with van der Waals surface area (Å²) in [6.07, 6.45) is 6.51. The third kappa shape index (κ3) is 5.32. The van der Waals surface area contributed by atoms with E-state index < -0.39 is 0 Å². The molecular weight excluding hydrogens is 398 g/mol. The van der Waals surface area contributed by atoms with Gasteiger partial charge >= 0.3 is 0 Å². The van der Waals surface area contributed by atoms with Crippen molar-refractivity contribution in [1.82, 2.24) is 24.9 Å². The second-order valence-corrected chi connectivity index (χ2v) is 8.33. The van der Waals surface area contributed by atoms with E-state index in [1.54, 1.807) is 0 Å². The van der Waals surface area contributed by atoms with Gasteiger partial charge in [-0.1, -0.05) is 59.7 Å². The predicted octanol–water partition coefficient (Wildman–Crippen LogP) is 4.54. The smallest absolute Gasteiger partial charge is 0.255 e. The van der Waals surface area contributed by atoms with E-state index in [4.69, 9.17) is 5.10 Å². The molecule has 6 heteroatoms. The molecule has 0 saturated heterocycles. The molecule has 4 aromatic rings. The molecule has 1 amide bonds. The number of rotatable bonds is 8. The number of aromatic nitrogens is 4. The minimum absolute atomic E-state index is 0.104. The number of aryl methyl sites for hydroxylation is 4. The first kappa shape index (κ1) is 21.6. The number of benzene rings is 2. The SMILES string of the molecule is Cc1ccc(Cn2cc(C(=O)NCCCn3cc(C)cn3)c(-c3ccc(C)cc3)n2)cc1. The highest BCUT2D eigenvalue weighted by Gasteiger charge is 2.18. The van der Waals surface area contributed by atoms with E-state index in [0.717, 1.165) is 29.7 Å². The van der Waals surface area contributed by atoms with Crippen LogP contribution in [0.1, 0.15) is 39.0 Å². The Labute approximate surface area is 188 Å². The summed E-state index contributed by atoms with van der Waals surface area (Å²) in [5.41, 5.74) is 6.92. The van der Waals surface area contributed by atoms with Gasteiger partial charge in [0, 0.05) is 31.0 Å². The molecule has 6 nitrogen and oxygen atoms in total. The van der Waals surface area contributed by atoms with Crippen molar-refractivity contribution < 1.29 is 4.79 Å². The van der Waals surface area contributed by atoms with Gasteiger partial charge in [0.1, 0.15) is 5.69 Å². The quantitative estimate of drug-likeness (QED) is 0.420. The van der Waals surface area contributed by atoms with Crippen molar-refractivity contribution in [3.8, 4) is 11.3 Å². The topological polar surface area (TPSA) is 64.7 Å². The third-order valence-electron chi connectivity index (χ3n) is 5.41. The Balaban J connectivity index is 1.50. The van der Waals surface area contributed by atoms with Crippen LogP contribution < -0.4 is 5.32 Å². The second-order valence-electron chi connectivity index (χ2n) is 8.33. The molecule has 0 aliphatic rings. The normalized spacial score (nSPS) is 11.0. The molecule has 0 fully saturated rings. The lowest BCUT2D eigenvalue weighted by Gasteiger charge is -2.06. The fourth-order valence-corrected chi connectivity index (χ4v) is 3.60. The number of hydrogen-bond donors (Lipinski definition) is 1. The van der Waals surface area contributed by atoms with Crippen LogP contribution >= 0.6 is 0 Å². The number of carbonyl (C=O) groups excluding carboxylic acids is 1. The Morgan fingerprint density at radius 1 is 0.875 bits per heavy atom. The molecule has 2 aromatic heterocycles. The van der Waals surface area contributed by atoms with E-state index in [2.05, 4.69) is 48.5 Å². The molecular formula is C26H29N5O. The number of amides is 1. The van der Waals surface area contributed by atoms with Gasteiger partial charge in [-0.3, -0.25) is 14.2 Å². The second kappa shape index (κ2) is 9.64. The Kier molecular flexibility index (Phi) is 6.50. The summed E-state index contributed by atoms with van der Waals surface area (Å²) in [6.45, 7) is 8.11. The maximum atomic E-state index is 13.0. The average Bonchev–Trinajstić information content (AvgIpc) is 3.39. The molecule has 0 radical (unpaired) electrons. The van der Waals surface area contributed by atoms with Crippen LogP contribution in [0.4, 0.5) is 0 Å². The van der Waals surface area contributed by atoms with E-state index in [-0.39, 0.29) is 5.91 Å². The van der Waals surface area contributed by atoms with Crippen LogP contribution in [0.5, 0.6) is 0 Å². The van der Waals surface area contributed by atoms with Crippen molar-refractivity contribution in [3.05, 3.63) is 94.9 Å². The fourth-order valence-electron chi connectivity index (χ4n) is 3.60. The number of nitrogens with one attached hydrogen (secondary N) is 1. The van der Waals surface area contributed by atoms with E-state index in [1.807, 2.05) is 59.1 Å². The lowest BCUT2D eigenvalue weighted by molar-refractivity contribution is 0.0953. The highest BCUT2D eigenvalue weighted by Crippen LogP contribution is 2.23. The van der Waals surface area contributed by atoms with Gasteiger partial charge in [-0.25, -0.2) is 0 Å². The third-order valence-corrected chi connectivity index (χ3v) is 5.41. The summed E-state index contributed by atoms with van der Waals surface area (Å²) in [6, 6.07) is 16.5. The van der Waals surface area contributed by atoms with E-state index >= 15 is 0 Å². The van der Waals surface area contributed by atoms with Crippen LogP contribution in [0.3, 0.4) is 0 Å². The first-order chi connectivity index (χ1) is 15.5. The lowest BCUT2D eigenvalue weighted by Crippen LogP contribution is -2.25. The van der Waals surface area contributed by atoms with Gasteiger partial charge in [-0.2, -0.15) is 10.2 Å². The summed E-state index contributed by atoms with van der Waals surface area (Å²) in [4.78, 5) is 13.0. The summed E-state index contributed by atoms with van der Waals surface area (Å²) in [7, 11) is 0. The van der Waals surface area contributed by atoms with Crippen molar-refractivity contribution in [2.45, 2.75) is 40.3 Å². The maximum absolute atomic E-state index is 13.0. The molecule has 0 bridgehead atoms. The molecule has 4 rings (SSSR count). The highest BCUT2D eigenvalue weighted by molar-refractivity contribution is 5.99. The number of carbonyl (C=O) groups is 1. The van der Waals surface area contributed by atoms with Crippen LogP contribution in [0, 0.1) is 20.8 Å². The highest BCUT2D eigenvalue weighted by atomic mass is 16.1. The fraction of sp³-hybridized carbons (Fsp3) is 0.269. The molecule has 2 aromatic carbocycles. The summed E-state index contributed by atoms with van der Waals surface area (Å²) < 4.78 is 3.75. The van der Waals surface area contributed by atoms with Crippen LogP contribution in [0.15, 0.2) is 67.1 Å². The van der Waals surface area contributed by atoms with Crippen molar-refractivity contribution in [3.63, 3.8) is 0 Å². The molecule has 32 heavy (non-hydrogen) atoms. The van der Waals surface area contributed by atoms with Crippen molar-refractivity contribution in [1.29, 1.82) is 0 Å². The summed E-state index contributed by atoms with van der Waals surface area (Å²) in [5.74, 6) is -0.104. The molecule has 2 heterocycles. The van der Waals surface area contributed by atoms with Crippen molar-refractivity contribution in [2.24, 2.45) is 0 Å². The Bertz CT molecular complexity index is 1190. The summed E-state index contributed by atoms with van der Waals surface area (Å²) >= 11 is 0. The van der Waals surface area contributed by atoms with Gasteiger partial charge < -0.3 is 5.32 Å². The molecule has 0 spiro atoms. The molecule has 0 aliphatic carbocycles. The van der Waals surface area contributed by atoms with Gasteiger partial charge in [-0.05, 0) is 38.3 Å². The molecule has 1 N–H and O–H groups in total. The van der Waals surface area contributed by atoms with Gasteiger partial charge in [0.15, 0.2) is 0 Å². The molecule has 0 saturated carbocycles. The Morgan fingerprint density at radius 3 is 2.22 bits per heavy atom. The van der Waals surface area contributed by atoms with Crippen LogP contribution in [-0.2, 0) is 13.1 Å². The lowest BCUT2D eigenvalue weighted by atomic mass is 10.1. The van der Waals surface area contributed by atoms with Crippen LogP contribution in [0.2, 0.25) is 0 Å². The summed E-state index contributed by atoms with van der Waals surface area (Å²) in [5, 5.41) is 12.1. The molecule has 164 valence electrons. The Morgan fingerprint density at radius 2 is 1.56 bits per heavy atom. The molecule has 0 aliphatic heterocycles. The maximum Gasteiger partial charge on any atom is 0.255 e. The van der Waals surface area contributed by atoms with Crippen molar-refractivity contribution in [2.75, 3.05) is 6.54 Å². The largest absolute Gasteiger partial charge is 0.352 e. The minimum atomic E-state index is -0.104. The van der Waals surface area contributed by atoms with Gasteiger partial charge in [-0.15, -0.1) is 0 Å².